The number of methoxy groups -OCH3 is 1. The highest BCUT2D eigenvalue weighted by Crippen LogP contribution is 2.34. The van der Waals surface area contributed by atoms with Crippen molar-refractivity contribution in [3.63, 3.8) is 0 Å². The Morgan fingerprint density at radius 3 is 2.42 bits per heavy atom. The summed E-state index contributed by atoms with van der Waals surface area (Å²) in [6.45, 7) is 13.1. The molecular formula is C60H87N9O10S2. The summed E-state index contributed by atoms with van der Waals surface area (Å²) in [6.07, 6.45) is 17.6. The normalized spacial score (nSPS) is 19.1. The van der Waals surface area contributed by atoms with Crippen LogP contribution in [0.5, 0.6) is 0 Å². The van der Waals surface area contributed by atoms with E-state index in [-0.39, 0.29) is 79.3 Å². The molecule has 2 saturated heterocycles. The molecule has 2 fully saturated rings. The number of piperidine rings is 1. The molecule has 2 aromatic rings. The van der Waals surface area contributed by atoms with Gasteiger partial charge >= 0.3 is 5.97 Å². The number of amides is 7. The summed E-state index contributed by atoms with van der Waals surface area (Å²) < 4.78 is 5.93. The average Bonchev–Trinajstić information content (AvgIpc) is 3.93. The molecule has 81 heavy (non-hydrogen) atoms. The van der Waals surface area contributed by atoms with E-state index in [1.165, 1.54) is 35.1 Å². The number of nitrogens with one attached hydrogen (secondary N) is 4. The Morgan fingerprint density at radius 1 is 0.988 bits per heavy atom. The molecule has 0 saturated carbocycles. The minimum absolute atomic E-state index is 0.115. The number of ether oxygens (including phenoxy) is 1. The summed E-state index contributed by atoms with van der Waals surface area (Å²) >= 11 is 2.67. The number of carboxylic acid groups (broad SMARTS) is 1. The number of aliphatic carboxylic acids is 1. The van der Waals surface area contributed by atoms with Crippen LogP contribution in [-0.4, -0.2) is 148 Å². The number of thioether (sulfide) groups is 1. The number of anilines is 1. The molecule has 7 amide bonds. The maximum absolute atomic E-state index is 14.3. The van der Waals surface area contributed by atoms with Crippen molar-refractivity contribution in [1.29, 1.82) is 0 Å². The Kier molecular flexibility index (Phi) is 27.0. The lowest BCUT2D eigenvalue weighted by atomic mass is 9.94. The van der Waals surface area contributed by atoms with E-state index in [1.807, 2.05) is 63.1 Å². The molecule has 19 nitrogen and oxygen atoms in total. The maximum atomic E-state index is 14.3. The number of likely N-dealkylation sites (N-methyl/N-ethyl adjacent to an activating group) is 2. The number of nitrogens with two attached hydrogens (primary N) is 1. The molecule has 21 heteroatoms. The van der Waals surface area contributed by atoms with E-state index >= 15 is 0 Å². The van der Waals surface area contributed by atoms with E-state index in [1.54, 1.807) is 48.5 Å². The van der Waals surface area contributed by atoms with E-state index in [4.69, 9.17) is 10.5 Å². The molecule has 9 atom stereocenters. The van der Waals surface area contributed by atoms with E-state index in [0.717, 1.165) is 36.3 Å². The third kappa shape index (κ3) is 20.1. The molecule has 5 rings (SSSR count). The number of unbranched alkanes of at least 4 members (excludes halogenated alkanes) is 3. The summed E-state index contributed by atoms with van der Waals surface area (Å²) in [7, 11) is 5.18. The number of likely N-dealkylation sites (tertiary alicyclic amines) is 2. The van der Waals surface area contributed by atoms with Crippen LogP contribution in [0.1, 0.15) is 151 Å². The van der Waals surface area contributed by atoms with Crippen molar-refractivity contribution < 1.29 is 48.2 Å². The van der Waals surface area contributed by atoms with E-state index in [0.29, 0.717) is 80.7 Å². The first-order valence-corrected chi connectivity index (χ1v) is 30.4. The van der Waals surface area contributed by atoms with Gasteiger partial charge in [0.05, 0.1) is 23.3 Å². The van der Waals surface area contributed by atoms with E-state index in [9.17, 15) is 43.5 Å². The van der Waals surface area contributed by atoms with Crippen LogP contribution in [0.3, 0.4) is 0 Å². The standard InChI is InChI=1S/C60H87N9O10S2/c1-9-39(4)53(66-56(74)47-24-17-20-31-67(47)6)59(76)68(7)48(38(2)3)35-49(79-8)57-65-46(37-80-57)55(73)63-43(33-40(5)60(77)78)34-41-26-28-42(29-27-41)62-54(72)45(23-16-18-30-61)64-51(70)25-15-12-19-32-69-52(71)36-50(58(69)75)81-44-21-13-10-11-14-22-44/h10-11,13-14,21,26-29,37,39-40,43,45,47-50,53H,2,9,12,15-20,22-25,30-36,61H2,1,3-8H3,(H,62,72)(H,63,73)(H,64,70)(H,66,74)(H,77,78)/t39-,40?,43+,45-,47+,48+,49+,50?,53-/m0/s1. The molecule has 1 aliphatic carbocycles. The molecule has 0 bridgehead atoms. The topological polar surface area (TPSA) is 263 Å². The third-order valence-electron chi connectivity index (χ3n) is 15.4. The van der Waals surface area contributed by atoms with Gasteiger partial charge in [0.25, 0.3) is 5.91 Å². The van der Waals surface area contributed by atoms with Gasteiger partial charge in [-0.05, 0) is 120 Å². The molecule has 3 heterocycles. The van der Waals surface area contributed by atoms with Crippen LogP contribution in [0.25, 0.3) is 0 Å². The molecular weight excluding hydrogens is 1070 g/mol. The highest BCUT2D eigenvalue weighted by molar-refractivity contribution is 8.04. The molecule has 444 valence electrons. The van der Waals surface area contributed by atoms with Crippen molar-refractivity contribution in [1.82, 2.24) is 35.6 Å². The van der Waals surface area contributed by atoms with Gasteiger partial charge in [-0.3, -0.25) is 48.2 Å². The lowest BCUT2D eigenvalue weighted by molar-refractivity contribution is -0.142. The minimum Gasteiger partial charge on any atom is -0.481 e. The second kappa shape index (κ2) is 33.2. The number of nitrogens with zero attached hydrogens (tertiary/aromatic N) is 4. The molecule has 0 spiro atoms. The van der Waals surface area contributed by atoms with Crippen LogP contribution in [0.4, 0.5) is 5.69 Å². The summed E-state index contributed by atoms with van der Waals surface area (Å²) in [4.78, 5) is 117. The molecule has 7 N–H and O–H groups in total. The van der Waals surface area contributed by atoms with Gasteiger partial charge in [-0.2, -0.15) is 0 Å². The Balaban J connectivity index is 1.15. The fraction of sp³-hybridized carbons (Fsp3) is 0.583. The Morgan fingerprint density at radius 2 is 1.74 bits per heavy atom. The number of carbonyl (C=O) groups is 8. The van der Waals surface area contributed by atoms with Gasteiger partial charge in [-0.25, -0.2) is 4.98 Å². The predicted octanol–water partition coefficient (Wildman–Crippen LogP) is 7.46. The molecule has 1 aromatic heterocycles. The predicted molar refractivity (Wildman–Crippen MR) is 318 cm³/mol. The van der Waals surface area contributed by atoms with Gasteiger partial charge < -0.3 is 41.7 Å². The van der Waals surface area contributed by atoms with Gasteiger partial charge in [-0.15, -0.1) is 23.1 Å². The fourth-order valence-electron chi connectivity index (χ4n) is 10.2. The fourth-order valence-corrected chi connectivity index (χ4v) is 12.3. The number of imide groups is 1. The average molecular weight is 1160 g/mol. The van der Waals surface area contributed by atoms with Crippen LogP contribution in [-0.2, 0) is 44.7 Å². The quantitative estimate of drug-likeness (QED) is 0.0230. The van der Waals surface area contributed by atoms with Crippen LogP contribution in [0.2, 0.25) is 0 Å². The SMILES string of the molecule is C=C(C)[C@@H](C[C@@H](OC)c1nc(C(=O)N[C@@H](Cc2ccc(NC(=O)[C@H](CCCCN)NC(=O)CCCCCN3C(=O)CC(SC4=CC=CC=CC4)C3=O)cc2)CC(C)C(=O)O)cs1)N(C)C(=O)[C@@H](NC(=O)[C@H]1CCCCN1C)[C@@H](C)CC. The van der Waals surface area contributed by atoms with Gasteiger partial charge in [0.2, 0.25) is 35.4 Å². The van der Waals surface area contributed by atoms with Gasteiger partial charge in [-0.1, -0.05) is 94.7 Å². The number of benzene rings is 1. The lowest BCUT2D eigenvalue weighted by Gasteiger charge is -2.37. The molecule has 2 unspecified atom stereocenters. The number of carboxylic acids is 1. The number of carbonyl (C=O) groups excluding carboxylic acids is 7. The first kappa shape index (κ1) is 65.8. The van der Waals surface area contributed by atoms with Crippen molar-refractivity contribution in [2.75, 3.05) is 46.2 Å². The van der Waals surface area contributed by atoms with Crippen LogP contribution >= 0.6 is 23.1 Å². The van der Waals surface area contributed by atoms with Crippen LogP contribution in [0.15, 0.2) is 77.1 Å². The highest BCUT2D eigenvalue weighted by Gasteiger charge is 2.40. The first-order valence-electron chi connectivity index (χ1n) is 28.6. The number of thiazole rings is 1. The van der Waals surface area contributed by atoms with Gasteiger partial charge in [0.1, 0.15) is 28.9 Å². The zero-order valence-corrected chi connectivity index (χ0v) is 50.0. The smallest absolute Gasteiger partial charge is 0.306 e. The Bertz CT molecular complexity index is 2590. The van der Waals surface area contributed by atoms with Crippen molar-refractivity contribution in [2.45, 2.75) is 172 Å². The number of hydrogen-bond acceptors (Lipinski definition) is 14. The Hall–Kier alpha value is -6.00. The van der Waals surface area contributed by atoms with Gasteiger partial charge in [0.15, 0.2) is 0 Å². The highest BCUT2D eigenvalue weighted by atomic mass is 32.2. The van der Waals surface area contributed by atoms with Crippen molar-refractivity contribution in [2.24, 2.45) is 17.6 Å². The number of rotatable bonds is 33. The number of aromatic nitrogens is 1. The number of hydrogen-bond donors (Lipinski definition) is 6. The monoisotopic (exact) mass is 1160 g/mol. The third-order valence-corrected chi connectivity index (χ3v) is 17.6. The van der Waals surface area contributed by atoms with Gasteiger partial charge in [0, 0.05) is 57.1 Å². The summed E-state index contributed by atoms with van der Waals surface area (Å²) in [6, 6.07) is 4.01. The van der Waals surface area contributed by atoms with E-state index < -0.39 is 59.2 Å². The number of allylic oxidation sites excluding steroid dienone is 6. The second-order valence-corrected chi connectivity index (χ2v) is 24.0. The zero-order valence-electron chi connectivity index (χ0n) is 48.4. The minimum atomic E-state index is -1.01. The largest absolute Gasteiger partial charge is 0.481 e. The summed E-state index contributed by atoms with van der Waals surface area (Å²) in [5.74, 6) is -3.87. The second-order valence-electron chi connectivity index (χ2n) is 21.8. The van der Waals surface area contributed by atoms with Crippen LogP contribution in [0, 0.1) is 11.8 Å². The molecule has 1 aromatic carbocycles. The Labute approximate surface area is 486 Å². The molecule has 0 radical (unpaired) electrons. The first-order chi connectivity index (χ1) is 38.7. The molecule has 2 aliphatic heterocycles. The summed E-state index contributed by atoms with van der Waals surface area (Å²) in [5.41, 5.74) is 7.82. The molecule has 3 aliphatic rings. The lowest BCUT2D eigenvalue weighted by Crippen LogP contribution is -2.57. The van der Waals surface area contributed by atoms with Crippen LogP contribution < -0.4 is 27.0 Å². The van der Waals surface area contributed by atoms with Crippen molar-refractivity contribution in [3.05, 3.63) is 93.3 Å². The maximum Gasteiger partial charge on any atom is 0.306 e. The summed E-state index contributed by atoms with van der Waals surface area (Å²) in [5, 5.41) is 23.4. The van der Waals surface area contributed by atoms with E-state index in [2.05, 4.69) is 32.8 Å². The zero-order chi connectivity index (χ0) is 59.2. The van der Waals surface area contributed by atoms with Crippen molar-refractivity contribution in [3.8, 4) is 0 Å². The van der Waals surface area contributed by atoms with Crippen molar-refractivity contribution >= 4 is 76.1 Å².